The molecule has 0 amide bonds. The lowest BCUT2D eigenvalue weighted by molar-refractivity contribution is 0.646. The van der Waals surface area contributed by atoms with Crippen LogP contribution in [0, 0.1) is 0 Å². The third kappa shape index (κ3) is 4.70. The van der Waals surface area contributed by atoms with Crippen LogP contribution in [0.1, 0.15) is 19.8 Å². The number of aromatic nitrogens is 1. The summed E-state index contributed by atoms with van der Waals surface area (Å²) >= 11 is 0. The van der Waals surface area contributed by atoms with Gasteiger partial charge in [-0.15, -0.1) is 24.0 Å². The molecule has 0 saturated carbocycles. The molecule has 1 aromatic heterocycles. The van der Waals surface area contributed by atoms with Crippen molar-refractivity contribution in [2.45, 2.75) is 26.3 Å². The molecule has 0 aliphatic carbocycles. The van der Waals surface area contributed by atoms with Crippen molar-refractivity contribution in [1.82, 2.24) is 9.88 Å². The van der Waals surface area contributed by atoms with E-state index in [-0.39, 0.29) is 24.0 Å². The summed E-state index contributed by atoms with van der Waals surface area (Å²) < 4.78 is 2.27. The second-order valence-electron chi connectivity index (χ2n) is 4.62. The van der Waals surface area contributed by atoms with Crippen molar-refractivity contribution in [1.29, 1.82) is 0 Å². The number of hydrogen-bond donors (Lipinski definition) is 2. The van der Waals surface area contributed by atoms with E-state index in [0.29, 0.717) is 5.96 Å². The first-order valence-electron chi connectivity index (χ1n) is 6.89. The van der Waals surface area contributed by atoms with Gasteiger partial charge < -0.3 is 15.6 Å². The fourth-order valence-electron chi connectivity index (χ4n) is 2.09. The molecule has 20 heavy (non-hydrogen) atoms. The van der Waals surface area contributed by atoms with E-state index in [9.17, 15) is 0 Å². The molecule has 110 valence electrons. The first-order chi connectivity index (χ1) is 9.31. The van der Waals surface area contributed by atoms with Crippen LogP contribution in [0.15, 0.2) is 41.5 Å². The summed E-state index contributed by atoms with van der Waals surface area (Å²) in [5.74, 6) is 0.555. The SMILES string of the molecule is CCCN=C(N)NCCCn1ccc2ccccc21.I. The second-order valence-corrected chi connectivity index (χ2v) is 4.62. The fraction of sp³-hybridized carbons (Fsp3) is 0.400. The lowest BCUT2D eigenvalue weighted by Gasteiger charge is -2.07. The summed E-state index contributed by atoms with van der Waals surface area (Å²) in [4.78, 5) is 4.20. The van der Waals surface area contributed by atoms with Crippen LogP contribution in [0.5, 0.6) is 0 Å². The average Bonchev–Trinajstić information content (AvgIpc) is 2.85. The molecule has 2 rings (SSSR count). The van der Waals surface area contributed by atoms with Crippen LogP contribution < -0.4 is 11.1 Å². The number of nitrogens with two attached hydrogens (primary N) is 1. The number of para-hydroxylation sites is 1. The van der Waals surface area contributed by atoms with Gasteiger partial charge in [0.1, 0.15) is 0 Å². The first-order valence-corrected chi connectivity index (χ1v) is 6.89. The zero-order chi connectivity index (χ0) is 13.5. The van der Waals surface area contributed by atoms with Crippen LogP contribution in [0.25, 0.3) is 10.9 Å². The Kier molecular flexibility index (Phi) is 7.43. The number of nitrogens with one attached hydrogen (secondary N) is 1. The summed E-state index contributed by atoms with van der Waals surface area (Å²) in [5, 5.41) is 4.43. The molecular weight excluding hydrogens is 363 g/mol. The van der Waals surface area contributed by atoms with E-state index in [0.717, 1.165) is 32.5 Å². The Morgan fingerprint density at radius 1 is 1.30 bits per heavy atom. The predicted octanol–water partition coefficient (Wildman–Crippen LogP) is 2.96. The van der Waals surface area contributed by atoms with Gasteiger partial charge in [0.15, 0.2) is 5.96 Å². The standard InChI is InChI=1S/C15H22N4.HI/c1-2-9-17-15(16)18-10-5-11-19-12-8-13-6-3-4-7-14(13)19;/h3-4,6-8,12H,2,5,9-11H2,1H3,(H3,16,17,18);1H. The topological polar surface area (TPSA) is 55.3 Å². The van der Waals surface area contributed by atoms with E-state index < -0.39 is 0 Å². The number of benzene rings is 1. The van der Waals surface area contributed by atoms with Gasteiger partial charge in [0.2, 0.25) is 0 Å². The van der Waals surface area contributed by atoms with Gasteiger partial charge in [-0.2, -0.15) is 0 Å². The summed E-state index contributed by atoms with van der Waals surface area (Å²) in [6.45, 7) is 4.72. The molecule has 0 aliphatic rings. The number of aryl methyl sites for hydroxylation is 1. The number of fused-ring (bicyclic) bond motifs is 1. The van der Waals surface area contributed by atoms with E-state index in [4.69, 9.17) is 5.73 Å². The van der Waals surface area contributed by atoms with Gasteiger partial charge in [-0.05, 0) is 30.4 Å². The second kappa shape index (κ2) is 8.84. The molecule has 3 N–H and O–H groups in total. The largest absolute Gasteiger partial charge is 0.370 e. The third-order valence-corrected chi connectivity index (χ3v) is 3.07. The Hall–Kier alpha value is -1.24. The van der Waals surface area contributed by atoms with Crippen LogP contribution in [-0.4, -0.2) is 23.6 Å². The molecule has 0 aliphatic heterocycles. The zero-order valence-corrected chi connectivity index (χ0v) is 14.2. The van der Waals surface area contributed by atoms with Crippen molar-refractivity contribution in [3.05, 3.63) is 36.5 Å². The molecule has 1 aromatic carbocycles. The van der Waals surface area contributed by atoms with E-state index in [1.165, 1.54) is 10.9 Å². The van der Waals surface area contributed by atoms with Gasteiger partial charge >= 0.3 is 0 Å². The van der Waals surface area contributed by atoms with Crippen molar-refractivity contribution in [2.75, 3.05) is 13.1 Å². The first kappa shape index (κ1) is 16.8. The fourth-order valence-corrected chi connectivity index (χ4v) is 2.09. The molecule has 0 bridgehead atoms. The van der Waals surface area contributed by atoms with Gasteiger partial charge in [0.05, 0.1) is 0 Å². The molecule has 0 fully saturated rings. The molecule has 0 radical (unpaired) electrons. The normalized spacial score (nSPS) is 11.3. The quantitative estimate of drug-likeness (QED) is 0.347. The molecule has 0 saturated heterocycles. The van der Waals surface area contributed by atoms with Crippen molar-refractivity contribution in [3.8, 4) is 0 Å². The Balaban J connectivity index is 0.00000200. The van der Waals surface area contributed by atoms with Crippen molar-refractivity contribution >= 4 is 40.8 Å². The lowest BCUT2D eigenvalue weighted by atomic mass is 10.2. The minimum absolute atomic E-state index is 0. The van der Waals surface area contributed by atoms with E-state index >= 15 is 0 Å². The highest BCUT2D eigenvalue weighted by Crippen LogP contribution is 2.14. The maximum atomic E-state index is 5.74. The Morgan fingerprint density at radius 2 is 2.10 bits per heavy atom. The van der Waals surface area contributed by atoms with Crippen molar-refractivity contribution in [3.63, 3.8) is 0 Å². The number of hydrogen-bond acceptors (Lipinski definition) is 1. The third-order valence-electron chi connectivity index (χ3n) is 3.07. The maximum Gasteiger partial charge on any atom is 0.188 e. The summed E-state index contributed by atoms with van der Waals surface area (Å²) in [5.41, 5.74) is 7.03. The van der Waals surface area contributed by atoms with E-state index in [1.54, 1.807) is 0 Å². The highest BCUT2D eigenvalue weighted by Gasteiger charge is 1.99. The van der Waals surface area contributed by atoms with Gasteiger partial charge in [0.25, 0.3) is 0 Å². The Bertz CT molecular complexity index is 548. The van der Waals surface area contributed by atoms with Gasteiger partial charge in [0, 0.05) is 31.3 Å². The minimum atomic E-state index is 0. The number of halogens is 1. The van der Waals surface area contributed by atoms with E-state index in [1.807, 2.05) is 0 Å². The van der Waals surface area contributed by atoms with Gasteiger partial charge in [-0.1, -0.05) is 25.1 Å². The molecular formula is C15H23IN4. The van der Waals surface area contributed by atoms with E-state index in [2.05, 4.69) is 58.3 Å². The summed E-state index contributed by atoms with van der Waals surface area (Å²) in [6.07, 6.45) is 4.19. The van der Waals surface area contributed by atoms with Crippen molar-refractivity contribution < 1.29 is 0 Å². The lowest BCUT2D eigenvalue weighted by Crippen LogP contribution is -2.32. The highest BCUT2D eigenvalue weighted by molar-refractivity contribution is 14.0. The molecule has 2 aromatic rings. The van der Waals surface area contributed by atoms with Gasteiger partial charge in [-0.25, -0.2) is 0 Å². The molecule has 4 nitrogen and oxygen atoms in total. The highest BCUT2D eigenvalue weighted by atomic mass is 127. The maximum absolute atomic E-state index is 5.74. The molecule has 0 spiro atoms. The van der Waals surface area contributed by atoms with Crippen LogP contribution in [0.3, 0.4) is 0 Å². The predicted molar refractivity (Wildman–Crippen MR) is 96.8 cm³/mol. The average molecular weight is 386 g/mol. The minimum Gasteiger partial charge on any atom is -0.370 e. The summed E-state index contributed by atoms with van der Waals surface area (Å²) in [6, 6.07) is 10.6. The Labute approximate surface area is 137 Å². The van der Waals surface area contributed by atoms with Crippen LogP contribution >= 0.6 is 24.0 Å². The smallest absolute Gasteiger partial charge is 0.188 e. The molecule has 0 atom stereocenters. The number of rotatable bonds is 6. The van der Waals surface area contributed by atoms with Crippen LogP contribution in [-0.2, 0) is 6.54 Å². The number of guanidine groups is 1. The summed E-state index contributed by atoms with van der Waals surface area (Å²) in [7, 11) is 0. The monoisotopic (exact) mass is 386 g/mol. The zero-order valence-electron chi connectivity index (χ0n) is 11.9. The molecule has 0 unspecified atom stereocenters. The Morgan fingerprint density at radius 3 is 2.90 bits per heavy atom. The van der Waals surface area contributed by atoms with Crippen LogP contribution in [0.2, 0.25) is 0 Å². The molecule has 5 heteroatoms. The van der Waals surface area contributed by atoms with Gasteiger partial charge in [-0.3, -0.25) is 4.99 Å². The molecule has 1 heterocycles. The number of aliphatic imine (C=N–C) groups is 1. The van der Waals surface area contributed by atoms with Crippen molar-refractivity contribution in [2.24, 2.45) is 10.7 Å². The number of nitrogens with zero attached hydrogens (tertiary/aromatic N) is 2. The van der Waals surface area contributed by atoms with Crippen LogP contribution in [0.4, 0.5) is 0 Å².